The molecule has 0 aliphatic heterocycles. The molecule has 0 saturated heterocycles. The van der Waals surface area contributed by atoms with Gasteiger partial charge in [0.05, 0.1) is 23.5 Å². The number of hydrogen-bond donors (Lipinski definition) is 1. The molecule has 0 radical (unpaired) electrons. The van der Waals surface area contributed by atoms with Crippen LogP contribution in [0.5, 0.6) is 5.75 Å². The van der Waals surface area contributed by atoms with Gasteiger partial charge in [-0.3, -0.25) is 4.68 Å². The van der Waals surface area contributed by atoms with E-state index in [1.807, 2.05) is 55.8 Å². The Morgan fingerprint density at radius 3 is 2.45 bits per heavy atom. The molecule has 1 aromatic heterocycles. The standard InChI is InChI=1S/C16H23N3O/c1-5-19-15(10-12(4)18-19)16(17)13-6-8-14(9-7-13)20-11(2)3/h6-11,16H,5,17H2,1-4H3. The molecule has 2 aromatic rings. The first kappa shape index (κ1) is 14.6. The summed E-state index contributed by atoms with van der Waals surface area (Å²) in [7, 11) is 0. The Labute approximate surface area is 120 Å². The van der Waals surface area contributed by atoms with Gasteiger partial charge in [-0.25, -0.2) is 0 Å². The van der Waals surface area contributed by atoms with Crippen molar-refractivity contribution in [2.24, 2.45) is 5.73 Å². The van der Waals surface area contributed by atoms with E-state index in [1.165, 1.54) is 0 Å². The van der Waals surface area contributed by atoms with Crippen molar-refractivity contribution >= 4 is 0 Å². The predicted octanol–water partition coefficient (Wildman–Crippen LogP) is 3.05. The summed E-state index contributed by atoms with van der Waals surface area (Å²) >= 11 is 0. The minimum Gasteiger partial charge on any atom is -0.491 e. The first-order valence-corrected chi connectivity index (χ1v) is 7.07. The van der Waals surface area contributed by atoms with E-state index in [0.29, 0.717) is 0 Å². The van der Waals surface area contributed by atoms with E-state index in [9.17, 15) is 0 Å². The molecule has 2 N–H and O–H groups in total. The van der Waals surface area contributed by atoms with E-state index in [-0.39, 0.29) is 12.1 Å². The number of ether oxygens (including phenoxy) is 1. The predicted molar refractivity (Wildman–Crippen MR) is 80.9 cm³/mol. The number of hydrogen-bond acceptors (Lipinski definition) is 3. The molecule has 4 heteroatoms. The van der Waals surface area contributed by atoms with Crippen LogP contribution in [0.25, 0.3) is 0 Å². The van der Waals surface area contributed by atoms with Crippen LogP contribution in [0.15, 0.2) is 30.3 Å². The van der Waals surface area contributed by atoms with Crippen molar-refractivity contribution in [2.45, 2.75) is 46.4 Å². The highest BCUT2D eigenvalue weighted by atomic mass is 16.5. The lowest BCUT2D eigenvalue weighted by Gasteiger charge is -2.15. The maximum atomic E-state index is 6.36. The smallest absolute Gasteiger partial charge is 0.119 e. The molecule has 20 heavy (non-hydrogen) atoms. The lowest BCUT2D eigenvalue weighted by atomic mass is 10.0. The number of benzene rings is 1. The van der Waals surface area contributed by atoms with Crippen molar-refractivity contribution in [2.75, 3.05) is 0 Å². The van der Waals surface area contributed by atoms with Gasteiger partial charge in [-0.2, -0.15) is 5.10 Å². The third-order valence-electron chi connectivity index (χ3n) is 3.16. The highest BCUT2D eigenvalue weighted by Crippen LogP contribution is 2.23. The maximum absolute atomic E-state index is 6.36. The molecule has 0 aliphatic carbocycles. The van der Waals surface area contributed by atoms with Crippen LogP contribution in [-0.4, -0.2) is 15.9 Å². The molecule has 0 spiro atoms. The Bertz CT molecular complexity index is 558. The summed E-state index contributed by atoms with van der Waals surface area (Å²) in [5, 5.41) is 4.44. The van der Waals surface area contributed by atoms with Gasteiger partial charge in [0, 0.05) is 6.54 Å². The zero-order valence-corrected chi connectivity index (χ0v) is 12.6. The summed E-state index contributed by atoms with van der Waals surface area (Å²) in [6.07, 6.45) is 0.179. The van der Waals surface area contributed by atoms with Gasteiger partial charge < -0.3 is 10.5 Å². The lowest BCUT2D eigenvalue weighted by Crippen LogP contribution is -2.17. The van der Waals surface area contributed by atoms with Crippen molar-refractivity contribution in [3.8, 4) is 5.75 Å². The number of rotatable bonds is 5. The molecule has 1 unspecified atom stereocenters. The number of nitrogens with two attached hydrogens (primary N) is 1. The monoisotopic (exact) mass is 273 g/mol. The molecule has 1 atom stereocenters. The summed E-state index contributed by atoms with van der Waals surface area (Å²) in [6, 6.07) is 9.86. The Hall–Kier alpha value is -1.81. The van der Waals surface area contributed by atoms with E-state index >= 15 is 0 Å². The van der Waals surface area contributed by atoms with E-state index in [2.05, 4.69) is 12.0 Å². The Kier molecular flexibility index (Phi) is 4.45. The number of nitrogens with zero attached hydrogens (tertiary/aromatic N) is 2. The van der Waals surface area contributed by atoms with Crippen LogP contribution in [0, 0.1) is 6.92 Å². The molecular formula is C16H23N3O. The van der Waals surface area contributed by atoms with E-state index in [4.69, 9.17) is 10.5 Å². The van der Waals surface area contributed by atoms with Crippen LogP contribution in [-0.2, 0) is 6.54 Å². The fourth-order valence-corrected chi connectivity index (χ4v) is 2.27. The highest BCUT2D eigenvalue weighted by Gasteiger charge is 2.15. The number of aromatic nitrogens is 2. The average molecular weight is 273 g/mol. The normalized spacial score (nSPS) is 12.7. The van der Waals surface area contributed by atoms with Crippen LogP contribution < -0.4 is 10.5 Å². The molecule has 0 saturated carbocycles. The summed E-state index contributed by atoms with van der Waals surface area (Å²) in [4.78, 5) is 0. The van der Waals surface area contributed by atoms with Crippen LogP contribution in [0.1, 0.15) is 43.8 Å². The van der Waals surface area contributed by atoms with Gasteiger partial charge >= 0.3 is 0 Å². The molecule has 4 nitrogen and oxygen atoms in total. The minimum absolute atomic E-state index is 0.163. The SMILES string of the molecule is CCn1nc(C)cc1C(N)c1ccc(OC(C)C)cc1. The van der Waals surface area contributed by atoms with Gasteiger partial charge in [-0.05, 0) is 51.5 Å². The molecule has 0 aliphatic rings. The lowest BCUT2D eigenvalue weighted by molar-refractivity contribution is 0.242. The minimum atomic E-state index is -0.163. The topological polar surface area (TPSA) is 53.1 Å². The fraction of sp³-hybridized carbons (Fsp3) is 0.438. The highest BCUT2D eigenvalue weighted by molar-refractivity contribution is 5.33. The molecule has 2 rings (SSSR count). The van der Waals surface area contributed by atoms with Crippen molar-refractivity contribution in [3.63, 3.8) is 0 Å². The molecule has 0 amide bonds. The summed E-state index contributed by atoms with van der Waals surface area (Å²) in [6.45, 7) is 8.92. The van der Waals surface area contributed by atoms with Crippen LogP contribution in [0.2, 0.25) is 0 Å². The van der Waals surface area contributed by atoms with Gasteiger partial charge in [-0.15, -0.1) is 0 Å². The van der Waals surface area contributed by atoms with E-state index < -0.39 is 0 Å². The molecule has 1 heterocycles. The zero-order chi connectivity index (χ0) is 14.7. The van der Waals surface area contributed by atoms with Crippen LogP contribution in [0.4, 0.5) is 0 Å². The molecular weight excluding hydrogens is 250 g/mol. The largest absolute Gasteiger partial charge is 0.491 e. The molecule has 0 fully saturated rings. The van der Waals surface area contributed by atoms with Gasteiger partial charge in [0.15, 0.2) is 0 Å². The summed E-state index contributed by atoms with van der Waals surface area (Å²) in [5.41, 5.74) is 9.46. The first-order chi connectivity index (χ1) is 9.51. The third kappa shape index (κ3) is 3.20. The number of aryl methyl sites for hydroxylation is 2. The molecule has 108 valence electrons. The molecule has 0 bridgehead atoms. The second-order valence-electron chi connectivity index (χ2n) is 5.24. The second-order valence-corrected chi connectivity index (χ2v) is 5.24. The second kappa shape index (κ2) is 6.09. The summed E-state index contributed by atoms with van der Waals surface area (Å²) in [5.74, 6) is 0.871. The van der Waals surface area contributed by atoms with Crippen LogP contribution in [0.3, 0.4) is 0 Å². The van der Waals surface area contributed by atoms with E-state index in [1.54, 1.807) is 0 Å². The van der Waals surface area contributed by atoms with E-state index in [0.717, 1.165) is 29.2 Å². The van der Waals surface area contributed by atoms with Crippen molar-refractivity contribution in [3.05, 3.63) is 47.3 Å². The zero-order valence-electron chi connectivity index (χ0n) is 12.6. The Balaban J connectivity index is 2.22. The molecule has 1 aromatic carbocycles. The quantitative estimate of drug-likeness (QED) is 0.911. The van der Waals surface area contributed by atoms with Crippen molar-refractivity contribution < 1.29 is 4.74 Å². The first-order valence-electron chi connectivity index (χ1n) is 7.07. The van der Waals surface area contributed by atoms with Gasteiger partial charge in [0.2, 0.25) is 0 Å². The van der Waals surface area contributed by atoms with Gasteiger partial charge in [-0.1, -0.05) is 12.1 Å². The van der Waals surface area contributed by atoms with Crippen LogP contribution >= 0.6 is 0 Å². The summed E-state index contributed by atoms with van der Waals surface area (Å²) < 4.78 is 7.60. The third-order valence-corrected chi connectivity index (χ3v) is 3.16. The van der Waals surface area contributed by atoms with Gasteiger partial charge in [0.25, 0.3) is 0 Å². The fourth-order valence-electron chi connectivity index (χ4n) is 2.27. The average Bonchev–Trinajstić information content (AvgIpc) is 2.79. The Morgan fingerprint density at radius 2 is 1.90 bits per heavy atom. The van der Waals surface area contributed by atoms with Crippen molar-refractivity contribution in [1.82, 2.24) is 9.78 Å². The maximum Gasteiger partial charge on any atom is 0.119 e. The Morgan fingerprint density at radius 1 is 1.25 bits per heavy atom. The van der Waals surface area contributed by atoms with Crippen molar-refractivity contribution in [1.29, 1.82) is 0 Å². The van der Waals surface area contributed by atoms with Gasteiger partial charge in [0.1, 0.15) is 5.75 Å².